The molecule has 3 unspecified atom stereocenters. The van der Waals surface area contributed by atoms with Crippen molar-refractivity contribution >= 4 is 21.5 Å². The van der Waals surface area contributed by atoms with E-state index in [2.05, 4.69) is 0 Å². The molecule has 3 atom stereocenters. The monoisotopic (exact) mass is 364 g/mol. The largest absolute Gasteiger partial charge is 0.485 e. The van der Waals surface area contributed by atoms with Crippen molar-refractivity contribution in [3.8, 4) is 11.5 Å². The second-order valence-electron chi connectivity index (χ2n) is 5.63. The summed E-state index contributed by atoms with van der Waals surface area (Å²) < 4.78 is 45.9. The predicted molar refractivity (Wildman–Crippen MR) is 88.9 cm³/mol. The first-order valence-electron chi connectivity index (χ1n) is 7.77. The summed E-state index contributed by atoms with van der Waals surface area (Å²) in [5.41, 5.74) is 0. The zero-order valence-corrected chi connectivity index (χ0v) is 15.3. The van der Waals surface area contributed by atoms with Gasteiger partial charge in [-0.2, -0.15) is 8.42 Å². The Morgan fingerprint density at radius 2 is 2.09 bits per heavy atom. The lowest BCUT2D eigenvalue weighted by Gasteiger charge is -2.24. The highest BCUT2D eigenvalue weighted by Crippen LogP contribution is 2.35. The second-order valence-corrected chi connectivity index (χ2v) is 8.36. The van der Waals surface area contributed by atoms with E-state index in [1.807, 2.05) is 17.7 Å². The highest BCUT2D eigenvalue weighted by atomic mass is 32.2. The average molecular weight is 364 g/mol. The van der Waals surface area contributed by atoms with E-state index in [4.69, 9.17) is 18.4 Å². The van der Waals surface area contributed by atoms with Crippen LogP contribution in [0.1, 0.15) is 33.6 Å². The van der Waals surface area contributed by atoms with Crippen molar-refractivity contribution in [3.63, 3.8) is 0 Å². The van der Waals surface area contributed by atoms with E-state index in [0.29, 0.717) is 32.7 Å². The molecule has 8 heteroatoms. The Balaban J connectivity index is 1.67. The van der Waals surface area contributed by atoms with E-state index >= 15 is 0 Å². The zero-order valence-electron chi connectivity index (χ0n) is 13.7. The topological polar surface area (TPSA) is 71.1 Å². The van der Waals surface area contributed by atoms with E-state index in [-0.39, 0.29) is 12.2 Å². The third-order valence-electron chi connectivity index (χ3n) is 3.65. The third-order valence-corrected chi connectivity index (χ3v) is 6.17. The van der Waals surface area contributed by atoms with E-state index in [1.165, 1.54) is 11.3 Å². The Labute approximate surface area is 141 Å². The SMILES string of the molecule is CCC(C)OS(=O)(=O)C(C)CCOCC1COc2cscc2O1. The third kappa shape index (κ3) is 5.34. The Morgan fingerprint density at radius 1 is 1.35 bits per heavy atom. The van der Waals surface area contributed by atoms with Crippen molar-refractivity contribution in [1.82, 2.24) is 0 Å². The molecule has 0 aromatic carbocycles. The van der Waals surface area contributed by atoms with Crippen LogP contribution in [0.2, 0.25) is 0 Å². The van der Waals surface area contributed by atoms with Crippen molar-refractivity contribution in [2.45, 2.75) is 51.1 Å². The van der Waals surface area contributed by atoms with Crippen LogP contribution in [-0.2, 0) is 19.0 Å². The summed E-state index contributed by atoms with van der Waals surface area (Å²) in [6.07, 6.45) is 0.582. The van der Waals surface area contributed by atoms with Crippen LogP contribution in [0.5, 0.6) is 11.5 Å². The van der Waals surface area contributed by atoms with Crippen molar-refractivity contribution in [2.24, 2.45) is 0 Å². The molecule has 132 valence electrons. The van der Waals surface area contributed by atoms with Crippen LogP contribution < -0.4 is 9.47 Å². The Bertz CT molecular complexity index is 583. The van der Waals surface area contributed by atoms with Crippen molar-refractivity contribution in [1.29, 1.82) is 0 Å². The Hall–Kier alpha value is -0.830. The van der Waals surface area contributed by atoms with Crippen LogP contribution >= 0.6 is 11.3 Å². The summed E-state index contributed by atoms with van der Waals surface area (Å²) in [5, 5.41) is 3.20. The molecule has 0 radical (unpaired) electrons. The number of thiophene rings is 1. The summed E-state index contributed by atoms with van der Waals surface area (Å²) in [5.74, 6) is 1.51. The molecule has 0 saturated heterocycles. The van der Waals surface area contributed by atoms with Crippen LogP contribution in [-0.4, -0.2) is 45.7 Å². The van der Waals surface area contributed by atoms with E-state index < -0.39 is 15.4 Å². The quantitative estimate of drug-likeness (QED) is 0.496. The van der Waals surface area contributed by atoms with Gasteiger partial charge in [-0.1, -0.05) is 6.92 Å². The number of ether oxygens (including phenoxy) is 3. The van der Waals surface area contributed by atoms with Gasteiger partial charge in [-0.3, -0.25) is 4.18 Å². The summed E-state index contributed by atoms with van der Waals surface area (Å²) >= 11 is 1.53. The second kappa shape index (κ2) is 8.32. The van der Waals surface area contributed by atoms with Crippen LogP contribution in [0.3, 0.4) is 0 Å². The van der Waals surface area contributed by atoms with Crippen LogP contribution in [0.25, 0.3) is 0 Å². The molecule has 6 nitrogen and oxygen atoms in total. The molecule has 1 aliphatic heterocycles. The van der Waals surface area contributed by atoms with Gasteiger partial charge in [0.1, 0.15) is 6.61 Å². The Morgan fingerprint density at radius 3 is 2.83 bits per heavy atom. The van der Waals surface area contributed by atoms with Crippen molar-refractivity contribution in [3.05, 3.63) is 10.8 Å². The predicted octanol–water partition coefficient (Wildman–Crippen LogP) is 2.83. The van der Waals surface area contributed by atoms with Gasteiger partial charge in [0, 0.05) is 17.4 Å². The first kappa shape index (κ1) is 18.5. The first-order valence-corrected chi connectivity index (χ1v) is 10.2. The molecule has 1 aromatic heterocycles. The fraction of sp³-hybridized carbons (Fsp3) is 0.733. The highest BCUT2D eigenvalue weighted by Gasteiger charge is 2.25. The minimum Gasteiger partial charge on any atom is -0.485 e. The molecule has 0 aliphatic carbocycles. The lowest BCUT2D eigenvalue weighted by molar-refractivity contribution is 0.00871. The van der Waals surface area contributed by atoms with E-state index in [1.54, 1.807) is 13.8 Å². The van der Waals surface area contributed by atoms with Crippen LogP contribution in [0.15, 0.2) is 10.8 Å². The minimum absolute atomic E-state index is 0.166. The normalized spacial score (nSPS) is 20.2. The fourth-order valence-electron chi connectivity index (χ4n) is 1.94. The molecule has 1 aliphatic rings. The summed E-state index contributed by atoms with van der Waals surface area (Å²) in [6, 6.07) is 0. The van der Waals surface area contributed by atoms with Gasteiger partial charge in [0.15, 0.2) is 17.6 Å². The van der Waals surface area contributed by atoms with Crippen molar-refractivity contribution in [2.75, 3.05) is 19.8 Å². The molecular weight excluding hydrogens is 340 g/mol. The highest BCUT2D eigenvalue weighted by molar-refractivity contribution is 7.87. The van der Waals surface area contributed by atoms with Gasteiger partial charge >= 0.3 is 0 Å². The average Bonchev–Trinajstić information content (AvgIpc) is 2.98. The molecule has 2 rings (SSSR count). The lowest BCUT2D eigenvalue weighted by Crippen LogP contribution is -2.33. The minimum atomic E-state index is -3.54. The number of rotatable bonds is 9. The van der Waals surface area contributed by atoms with Gasteiger partial charge in [0.25, 0.3) is 10.1 Å². The maximum Gasteiger partial charge on any atom is 0.270 e. The fourth-order valence-corrected chi connectivity index (χ4v) is 3.78. The van der Waals surface area contributed by atoms with Gasteiger partial charge in [0.2, 0.25) is 0 Å². The van der Waals surface area contributed by atoms with Gasteiger partial charge < -0.3 is 14.2 Å². The van der Waals surface area contributed by atoms with Crippen LogP contribution in [0.4, 0.5) is 0 Å². The van der Waals surface area contributed by atoms with Crippen molar-refractivity contribution < 1.29 is 26.8 Å². The number of fused-ring (bicyclic) bond motifs is 1. The van der Waals surface area contributed by atoms with Gasteiger partial charge in [-0.05, 0) is 26.7 Å². The van der Waals surface area contributed by atoms with Gasteiger partial charge in [0.05, 0.1) is 18.0 Å². The van der Waals surface area contributed by atoms with Gasteiger partial charge in [-0.25, -0.2) is 0 Å². The molecule has 0 saturated carbocycles. The summed E-state index contributed by atoms with van der Waals surface area (Å²) in [4.78, 5) is 0. The van der Waals surface area contributed by atoms with E-state index in [0.717, 1.165) is 11.5 Å². The molecule has 0 amide bonds. The molecule has 0 fully saturated rings. The Kier molecular flexibility index (Phi) is 6.70. The number of hydrogen-bond donors (Lipinski definition) is 0. The molecule has 1 aromatic rings. The molecule has 0 bridgehead atoms. The van der Waals surface area contributed by atoms with Gasteiger partial charge in [-0.15, -0.1) is 11.3 Å². The zero-order chi connectivity index (χ0) is 16.9. The first-order chi connectivity index (χ1) is 10.9. The molecule has 0 N–H and O–H groups in total. The molecule has 0 spiro atoms. The molecule has 23 heavy (non-hydrogen) atoms. The lowest BCUT2D eigenvalue weighted by atomic mass is 10.3. The van der Waals surface area contributed by atoms with E-state index in [9.17, 15) is 8.42 Å². The van der Waals surface area contributed by atoms with Crippen LogP contribution in [0, 0.1) is 0 Å². The maximum atomic E-state index is 12.0. The summed E-state index contributed by atoms with van der Waals surface area (Å²) in [7, 11) is -3.54. The summed E-state index contributed by atoms with van der Waals surface area (Å²) in [6.45, 7) is 6.42. The maximum absolute atomic E-state index is 12.0. The molecule has 2 heterocycles. The smallest absolute Gasteiger partial charge is 0.270 e. The standard InChI is InChI=1S/C15H24O6S2/c1-4-11(2)21-23(16,17)12(3)5-6-18-7-13-8-19-14-9-22-10-15(14)20-13/h9-13H,4-8H2,1-3H3. The molecular formula is C15H24O6S2. The number of hydrogen-bond acceptors (Lipinski definition) is 7.